The van der Waals surface area contributed by atoms with Crippen molar-refractivity contribution in [1.82, 2.24) is 10.2 Å². The first kappa shape index (κ1) is 13.7. The molecule has 0 atom stereocenters. The third kappa shape index (κ3) is 5.93. The third-order valence-electron chi connectivity index (χ3n) is 1.84. The quantitative estimate of drug-likeness (QED) is 0.745. The van der Waals surface area contributed by atoms with Gasteiger partial charge in [-0.2, -0.15) is 0 Å². The number of rotatable bonds is 5. The van der Waals surface area contributed by atoms with E-state index in [0.29, 0.717) is 13.1 Å². The Labute approximate surface area is 90.8 Å². The van der Waals surface area contributed by atoms with Crippen LogP contribution in [-0.4, -0.2) is 42.6 Å². The zero-order chi connectivity index (χ0) is 11.8. The highest BCUT2D eigenvalue weighted by atomic mass is 16.6. The smallest absolute Gasteiger partial charge is 0.407 e. The lowest BCUT2D eigenvalue weighted by Crippen LogP contribution is -2.40. The van der Waals surface area contributed by atoms with E-state index in [9.17, 15) is 9.59 Å². The fraction of sp³-hybridized carbons (Fsp3) is 0.800. The lowest BCUT2D eigenvalue weighted by molar-refractivity contribution is -0.129. The summed E-state index contributed by atoms with van der Waals surface area (Å²) >= 11 is 0. The summed E-state index contributed by atoms with van der Waals surface area (Å²) in [7, 11) is 0. The van der Waals surface area contributed by atoms with Crippen LogP contribution in [0.1, 0.15) is 27.7 Å². The van der Waals surface area contributed by atoms with E-state index in [1.54, 1.807) is 18.7 Å². The summed E-state index contributed by atoms with van der Waals surface area (Å²) < 4.78 is 4.83. The number of alkyl carbamates (subject to hydrolysis) is 1. The van der Waals surface area contributed by atoms with Crippen molar-refractivity contribution in [2.75, 3.05) is 19.6 Å². The van der Waals surface area contributed by atoms with Gasteiger partial charge in [0.05, 0.1) is 6.10 Å². The van der Waals surface area contributed by atoms with E-state index in [4.69, 9.17) is 4.74 Å². The van der Waals surface area contributed by atoms with Crippen molar-refractivity contribution in [2.24, 2.45) is 0 Å². The molecule has 0 aliphatic carbocycles. The molecular weight excluding hydrogens is 196 g/mol. The Morgan fingerprint density at radius 1 is 1.27 bits per heavy atom. The minimum Gasteiger partial charge on any atom is -0.447 e. The summed E-state index contributed by atoms with van der Waals surface area (Å²) in [4.78, 5) is 24.2. The highest BCUT2D eigenvalue weighted by molar-refractivity contribution is 5.82. The first-order valence-electron chi connectivity index (χ1n) is 5.23. The van der Waals surface area contributed by atoms with E-state index in [1.807, 2.05) is 13.8 Å². The largest absolute Gasteiger partial charge is 0.447 e. The second-order valence-corrected chi connectivity index (χ2v) is 3.37. The van der Waals surface area contributed by atoms with Gasteiger partial charge in [-0.3, -0.25) is 4.79 Å². The van der Waals surface area contributed by atoms with Crippen molar-refractivity contribution in [3.63, 3.8) is 0 Å². The second-order valence-electron chi connectivity index (χ2n) is 3.37. The highest BCUT2D eigenvalue weighted by Gasteiger charge is 2.11. The number of nitrogens with one attached hydrogen (secondary N) is 1. The number of carbonyl (C=O) groups excluding carboxylic acids is 2. The van der Waals surface area contributed by atoms with Gasteiger partial charge in [-0.1, -0.05) is 0 Å². The number of nitrogens with zero attached hydrogens (tertiary/aromatic N) is 1. The van der Waals surface area contributed by atoms with Gasteiger partial charge in [-0.05, 0) is 27.7 Å². The number of carbonyl (C=O) groups is 2. The van der Waals surface area contributed by atoms with Crippen molar-refractivity contribution in [3.05, 3.63) is 0 Å². The molecule has 0 aromatic heterocycles. The van der Waals surface area contributed by atoms with Crippen LogP contribution in [0.15, 0.2) is 0 Å². The molecule has 0 aromatic rings. The van der Waals surface area contributed by atoms with Gasteiger partial charge in [0.25, 0.3) is 0 Å². The Morgan fingerprint density at radius 2 is 1.80 bits per heavy atom. The molecule has 0 fully saturated rings. The lowest BCUT2D eigenvalue weighted by atomic mass is 10.4. The summed E-state index contributed by atoms with van der Waals surface area (Å²) in [6.07, 6.45) is -0.723. The van der Waals surface area contributed by atoms with E-state index >= 15 is 0 Å². The summed E-state index contributed by atoms with van der Waals surface area (Å²) in [5.74, 6) is -0.0966. The third-order valence-corrected chi connectivity index (χ3v) is 1.84. The van der Waals surface area contributed by atoms with Gasteiger partial charge in [0, 0.05) is 13.1 Å². The van der Waals surface area contributed by atoms with Gasteiger partial charge in [-0.25, -0.2) is 4.79 Å². The SMILES string of the molecule is CCN(CC)C(=O)CNC(=O)OC(C)C. The molecule has 0 aromatic carbocycles. The molecule has 0 saturated heterocycles. The molecular formula is C10H20N2O3. The second kappa shape index (κ2) is 7.09. The molecule has 0 saturated carbocycles. The molecule has 0 rings (SSSR count). The van der Waals surface area contributed by atoms with Crippen molar-refractivity contribution in [1.29, 1.82) is 0 Å². The molecule has 5 heteroatoms. The summed E-state index contributed by atoms with van der Waals surface area (Å²) in [6, 6.07) is 0. The van der Waals surface area contributed by atoms with Crippen LogP contribution in [0.2, 0.25) is 0 Å². The average Bonchev–Trinajstić information content (AvgIpc) is 2.15. The van der Waals surface area contributed by atoms with Gasteiger partial charge in [0.2, 0.25) is 5.91 Å². The number of hydrogen-bond acceptors (Lipinski definition) is 3. The zero-order valence-electron chi connectivity index (χ0n) is 9.87. The Balaban J connectivity index is 3.84. The van der Waals surface area contributed by atoms with Gasteiger partial charge >= 0.3 is 6.09 Å². The van der Waals surface area contributed by atoms with Crippen LogP contribution in [0.3, 0.4) is 0 Å². The maximum Gasteiger partial charge on any atom is 0.407 e. The maximum absolute atomic E-state index is 11.5. The normalized spacial score (nSPS) is 9.93. The van der Waals surface area contributed by atoms with Gasteiger partial charge in [0.15, 0.2) is 0 Å². The van der Waals surface area contributed by atoms with Crippen LogP contribution < -0.4 is 5.32 Å². The van der Waals surface area contributed by atoms with Crippen molar-refractivity contribution >= 4 is 12.0 Å². The van der Waals surface area contributed by atoms with E-state index in [2.05, 4.69) is 5.32 Å². The highest BCUT2D eigenvalue weighted by Crippen LogP contribution is 1.90. The minimum atomic E-state index is -0.550. The Hall–Kier alpha value is -1.26. The molecule has 0 radical (unpaired) electrons. The maximum atomic E-state index is 11.5. The molecule has 0 aliphatic heterocycles. The topological polar surface area (TPSA) is 58.6 Å². The fourth-order valence-electron chi connectivity index (χ4n) is 1.09. The number of likely N-dealkylation sites (N-methyl/N-ethyl adjacent to an activating group) is 1. The molecule has 0 heterocycles. The summed E-state index contributed by atoms with van der Waals surface area (Å²) in [5, 5.41) is 2.41. The molecule has 0 aliphatic rings. The van der Waals surface area contributed by atoms with Crippen molar-refractivity contribution < 1.29 is 14.3 Å². The van der Waals surface area contributed by atoms with Crippen molar-refractivity contribution in [3.8, 4) is 0 Å². The average molecular weight is 216 g/mol. The van der Waals surface area contributed by atoms with Crippen LogP contribution in [0.25, 0.3) is 0 Å². The van der Waals surface area contributed by atoms with Gasteiger partial charge in [-0.15, -0.1) is 0 Å². The van der Waals surface area contributed by atoms with E-state index in [0.717, 1.165) is 0 Å². The molecule has 15 heavy (non-hydrogen) atoms. The monoisotopic (exact) mass is 216 g/mol. The van der Waals surface area contributed by atoms with Crippen LogP contribution in [-0.2, 0) is 9.53 Å². The van der Waals surface area contributed by atoms with Crippen LogP contribution >= 0.6 is 0 Å². The van der Waals surface area contributed by atoms with E-state index in [1.165, 1.54) is 0 Å². The van der Waals surface area contributed by atoms with Crippen LogP contribution in [0, 0.1) is 0 Å². The molecule has 0 unspecified atom stereocenters. The molecule has 5 nitrogen and oxygen atoms in total. The Bertz CT molecular complexity index is 213. The van der Waals surface area contributed by atoms with E-state index < -0.39 is 6.09 Å². The lowest BCUT2D eigenvalue weighted by Gasteiger charge is -2.18. The summed E-state index contributed by atoms with van der Waals surface area (Å²) in [6.45, 7) is 8.60. The van der Waals surface area contributed by atoms with Crippen molar-refractivity contribution in [2.45, 2.75) is 33.8 Å². The first-order valence-corrected chi connectivity index (χ1v) is 5.23. The standard InChI is InChI=1S/C10H20N2O3/c1-5-12(6-2)9(13)7-11-10(14)15-8(3)4/h8H,5-7H2,1-4H3,(H,11,14). The molecule has 88 valence electrons. The molecule has 2 amide bonds. The van der Waals surface area contributed by atoms with Crippen LogP contribution in [0.5, 0.6) is 0 Å². The first-order chi connectivity index (χ1) is 7.01. The number of ether oxygens (including phenoxy) is 1. The zero-order valence-corrected chi connectivity index (χ0v) is 9.87. The van der Waals surface area contributed by atoms with Crippen LogP contribution in [0.4, 0.5) is 4.79 Å². The molecule has 0 bridgehead atoms. The Morgan fingerprint density at radius 3 is 2.20 bits per heavy atom. The number of amides is 2. The molecule has 0 spiro atoms. The van der Waals surface area contributed by atoms with Gasteiger partial charge < -0.3 is 15.0 Å². The minimum absolute atomic E-state index is 0.00671. The van der Waals surface area contributed by atoms with Gasteiger partial charge in [0.1, 0.15) is 6.54 Å². The predicted molar refractivity (Wildman–Crippen MR) is 57.5 cm³/mol. The summed E-state index contributed by atoms with van der Waals surface area (Å²) in [5.41, 5.74) is 0. The van der Waals surface area contributed by atoms with E-state index in [-0.39, 0.29) is 18.6 Å². The number of hydrogen-bond donors (Lipinski definition) is 1. The fourth-order valence-corrected chi connectivity index (χ4v) is 1.09. The predicted octanol–water partition coefficient (Wildman–Crippen LogP) is 0.989. The molecule has 1 N–H and O–H groups in total. The Kier molecular flexibility index (Phi) is 6.49.